The summed E-state index contributed by atoms with van der Waals surface area (Å²) in [6.07, 6.45) is 8.32. The van der Waals surface area contributed by atoms with Crippen molar-refractivity contribution in [3.05, 3.63) is 96.7 Å². The number of methoxy groups -OCH3 is 1. The van der Waals surface area contributed by atoms with Crippen LogP contribution in [0.5, 0.6) is 11.6 Å². The number of ether oxygens (including phenoxy) is 2. The number of anilines is 1. The normalized spacial score (nSPS) is 14.0. The summed E-state index contributed by atoms with van der Waals surface area (Å²) >= 11 is 0. The molecule has 0 saturated carbocycles. The number of benzene rings is 2. The molecule has 0 saturated heterocycles. The molecule has 5 rings (SSSR count). The van der Waals surface area contributed by atoms with Crippen LogP contribution in [0.2, 0.25) is 0 Å². The summed E-state index contributed by atoms with van der Waals surface area (Å²) in [6.45, 7) is 7.71. The molecule has 0 radical (unpaired) electrons. The molecule has 0 unspecified atom stereocenters. The molecule has 7 nitrogen and oxygen atoms in total. The van der Waals surface area contributed by atoms with E-state index < -0.39 is 0 Å². The zero-order valence-electron chi connectivity index (χ0n) is 21.8. The Hall–Kier alpha value is -4.54. The fraction of sp³-hybridized carbons (Fsp3) is 0.226. The summed E-state index contributed by atoms with van der Waals surface area (Å²) < 4.78 is 11.6. The Morgan fingerprint density at radius 1 is 1.24 bits per heavy atom. The second-order valence-corrected chi connectivity index (χ2v) is 8.83. The van der Waals surface area contributed by atoms with Gasteiger partial charge >= 0.3 is 0 Å². The minimum absolute atomic E-state index is 0.00847. The van der Waals surface area contributed by atoms with E-state index in [1.807, 2.05) is 61.7 Å². The molecule has 2 aromatic carbocycles. The quantitative estimate of drug-likeness (QED) is 0.204. The number of aromatic nitrogens is 2. The van der Waals surface area contributed by atoms with Crippen molar-refractivity contribution in [2.24, 2.45) is 0 Å². The molecule has 0 spiro atoms. The predicted octanol–water partition coefficient (Wildman–Crippen LogP) is 5.86. The maximum atomic E-state index is 8.89. The second-order valence-electron chi connectivity index (χ2n) is 8.83. The number of aromatic amines is 1. The molecule has 4 aromatic rings. The smallest absolute Gasteiger partial charge is 0.237 e. The van der Waals surface area contributed by atoms with Gasteiger partial charge in [-0.15, -0.1) is 0 Å². The van der Waals surface area contributed by atoms with E-state index in [4.69, 9.17) is 14.7 Å². The van der Waals surface area contributed by atoms with Gasteiger partial charge in [0, 0.05) is 29.4 Å². The van der Waals surface area contributed by atoms with E-state index in [-0.39, 0.29) is 6.10 Å². The average Bonchev–Trinajstić information content (AvgIpc) is 3.41. The van der Waals surface area contributed by atoms with E-state index in [1.165, 1.54) is 5.56 Å². The van der Waals surface area contributed by atoms with Crippen molar-refractivity contribution in [3.8, 4) is 29.0 Å². The van der Waals surface area contributed by atoms with Crippen molar-refractivity contribution < 1.29 is 9.47 Å². The van der Waals surface area contributed by atoms with Crippen molar-refractivity contribution in [2.75, 3.05) is 32.1 Å². The number of hydrogen-bond acceptors (Lipinski definition) is 6. The second kappa shape index (κ2) is 13.1. The van der Waals surface area contributed by atoms with Gasteiger partial charge in [0.1, 0.15) is 11.9 Å². The number of rotatable bonds is 8. The highest BCUT2D eigenvalue weighted by Gasteiger charge is 2.21. The zero-order valence-corrected chi connectivity index (χ0v) is 21.8. The van der Waals surface area contributed by atoms with Gasteiger partial charge in [0.2, 0.25) is 5.88 Å². The molecule has 3 heterocycles. The Morgan fingerprint density at radius 3 is 2.79 bits per heavy atom. The summed E-state index contributed by atoms with van der Waals surface area (Å²) in [4.78, 5) is 8.00. The van der Waals surface area contributed by atoms with Crippen LogP contribution >= 0.6 is 0 Å². The maximum Gasteiger partial charge on any atom is 0.237 e. The lowest BCUT2D eigenvalue weighted by atomic mass is 10.1. The number of nitriles is 1. The molecular formula is C31H33N5O2. The van der Waals surface area contributed by atoms with Crippen LogP contribution in [0.15, 0.2) is 85.6 Å². The van der Waals surface area contributed by atoms with Crippen molar-refractivity contribution >= 4 is 16.6 Å². The third kappa shape index (κ3) is 6.61. The van der Waals surface area contributed by atoms with Gasteiger partial charge in [-0.05, 0) is 55.8 Å². The molecule has 3 N–H and O–H groups in total. The zero-order chi connectivity index (χ0) is 26.7. The van der Waals surface area contributed by atoms with E-state index >= 15 is 0 Å². The number of nitrogens with zero attached hydrogens (tertiary/aromatic N) is 2. The Labute approximate surface area is 223 Å². The largest absolute Gasteiger partial charge is 0.495 e. The molecule has 0 bridgehead atoms. The number of fused-ring (bicyclic) bond motifs is 2. The van der Waals surface area contributed by atoms with Gasteiger partial charge in [-0.25, -0.2) is 4.98 Å². The van der Waals surface area contributed by atoms with Crippen LogP contribution in [0.25, 0.3) is 22.2 Å². The third-order valence-electron chi connectivity index (χ3n) is 6.17. The van der Waals surface area contributed by atoms with Crippen LogP contribution in [0.1, 0.15) is 18.1 Å². The Kier molecular flexibility index (Phi) is 9.17. The molecule has 1 aliphatic heterocycles. The standard InChI is InChI=1S/C26H25N5O2.C5H8/c1-32-24-4-2-3-19-11-22(31-25(19)24)20-12-23-26(30-14-20)33-21(16-29-23)15-28-10-9-17-5-7-18(13-27)8-6-17;1-3-5-4-2/h2-8,11-12,14,21,28-29,31H,9-10,15-16H2,1H3;3-5H,1H2,2H3/b;5-4-/t21-;/m1./s1. The summed E-state index contributed by atoms with van der Waals surface area (Å²) in [5.41, 5.74) is 5.74. The Bertz CT molecular complexity index is 1430. The third-order valence-corrected chi connectivity index (χ3v) is 6.17. The van der Waals surface area contributed by atoms with Crippen LogP contribution in [0, 0.1) is 11.3 Å². The lowest BCUT2D eigenvalue weighted by Gasteiger charge is -2.27. The first-order valence-electron chi connectivity index (χ1n) is 12.6. The van der Waals surface area contributed by atoms with Gasteiger partial charge in [-0.2, -0.15) is 5.26 Å². The maximum absolute atomic E-state index is 8.89. The van der Waals surface area contributed by atoms with Crippen molar-refractivity contribution in [1.82, 2.24) is 15.3 Å². The van der Waals surface area contributed by atoms with Crippen LogP contribution < -0.4 is 20.1 Å². The van der Waals surface area contributed by atoms with Gasteiger partial charge in [0.25, 0.3) is 0 Å². The monoisotopic (exact) mass is 507 g/mol. The van der Waals surface area contributed by atoms with Crippen LogP contribution in [0.3, 0.4) is 0 Å². The van der Waals surface area contributed by atoms with E-state index in [0.29, 0.717) is 18.0 Å². The summed E-state index contributed by atoms with van der Waals surface area (Å²) in [5, 5.41) is 16.9. The molecule has 194 valence electrons. The fourth-order valence-electron chi connectivity index (χ4n) is 4.19. The van der Waals surface area contributed by atoms with Gasteiger partial charge in [-0.3, -0.25) is 0 Å². The topological polar surface area (TPSA) is 95.0 Å². The number of para-hydroxylation sites is 1. The van der Waals surface area contributed by atoms with Crippen LogP contribution in [-0.4, -0.2) is 42.8 Å². The number of H-pyrrole nitrogens is 1. The number of allylic oxidation sites excluding steroid dienone is 3. The molecular weight excluding hydrogens is 474 g/mol. The van der Waals surface area contributed by atoms with E-state index in [9.17, 15) is 0 Å². The minimum atomic E-state index is 0.00847. The first-order chi connectivity index (χ1) is 18.6. The first kappa shape index (κ1) is 26.5. The number of pyridine rings is 1. The van der Waals surface area contributed by atoms with E-state index in [1.54, 1.807) is 13.2 Å². The Morgan fingerprint density at radius 2 is 2.08 bits per heavy atom. The molecule has 2 aromatic heterocycles. The van der Waals surface area contributed by atoms with Crippen molar-refractivity contribution in [1.29, 1.82) is 5.26 Å². The highest BCUT2D eigenvalue weighted by Crippen LogP contribution is 2.34. The average molecular weight is 508 g/mol. The SMILES string of the molecule is C=C/C=C\C.COc1cccc2cc(-c3cnc4c(c3)NC[C@@H](CNCCc3ccc(C#N)cc3)O4)[nH]c12. The summed E-state index contributed by atoms with van der Waals surface area (Å²) in [7, 11) is 1.68. The summed E-state index contributed by atoms with van der Waals surface area (Å²) in [6, 6.07) is 20.0. The molecule has 0 fully saturated rings. The minimum Gasteiger partial charge on any atom is -0.495 e. The van der Waals surface area contributed by atoms with Crippen molar-refractivity contribution in [2.45, 2.75) is 19.4 Å². The van der Waals surface area contributed by atoms with Gasteiger partial charge in [0.05, 0.1) is 36.5 Å². The van der Waals surface area contributed by atoms with Crippen LogP contribution in [-0.2, 0) is 6.42 Å². The predicted molar refractivity (Wildman–Crippen MR) is 154 cm³/mol. The van der Waals surface area contributed by atoms with E-state index in [0.717, 1.165) is 53.1 Å². The first-order valence-corrected chi connectivity index (χ1v) is 12.6. The van der Waals surface area contributed by atoms with Crippen LogP contribution in [0.4, 0.5) is 5.69 Å². The highest BCUT2D eigenvalue weighted by molar-refractivity contribution is 5.90. The number of nitrogens with one attached hydrogen (secondary N) is 3. The summed E-state index contributed by atoms with van der Waals surface area (Å²) in [5.74, 6) is 1.44. The molecule has 0 amide bonds. The van der Waals surface area contributed by atoms with Crippen molar-refractivity contribution in [3.63, 3.8) is 0 Å². The lowest BCUT2D eigenvalue weighted by Crippen LogP contribution is -2.40. The Balaban J connectivity index is 0.000000617. The fourth-order valence-corrected chi connectivity index (χ4v) is 4.19. The molecule has 7 heteroatoms. The molecule has 38 heavy (non-hydrogen) atoms. The molecule has 0 aliphatic carbocycles. The van der Waals surface area contributed by atoms with Gasteiger partial charge in [-0.1, -0.05) is 49.1 Å². The molecule has 1 atom stereocenters. The van der Waals surface area contributed by atoms with E-state index in [2.05, 4.69) is 51.4 Å². The molecule has 1 aliphatic rings. The van der Waals surface area contributed by atoms with Gasteiger partial charge < -0.3 is 25.1 Å². The van der Waals surface area contributed by atoms with Gasteiger partial charge in [0.15, 0.2) is 0 Å². The number of hydrogen-bond donors (Lipinski definition) is 3. The lowest BCUT2D eigenvalue weighted by molar-refractivity contribution is 0.194. The highest BCUT2D eigenvalue weighted by atomic mass is 16.5.